The number of rotatable bonds is 11. The van der Waals surface area contributed by atoms with Crippen molar-refractivity contribution in [2.45, 2.75) is 127 Å². The number of nitrogens with one attached hydrogen (secondary N) is 1. The van der Waals surface area contributed by atoms with Crippen LogP contribution in [0, 0.1) is 5.92 Å². The Balaban J connectivity index is 1.43. The quantitative estimate of drug-likeness (QED) is 0.0834. The number of nitrogens with zero attached hydrogens (tertiary/aromatic N) is 5. The number of ether oxygens (including phenoxy) is 2. The van der Waals surface area contributed by atoms with Gasteiger partial charge in [-0.15, -0.1) is 0 Å². The Kier molecular flexibility index (Phi) is 13.7. The molecule has 0 radical (unpaired) electrons. The van der Waals surface area contributed by atoms with Gasteiger partial charge in [0.05, 0.1) is 25.6 Å². The van der Waals surface area contributed by atoms with Crippen LogP contribution in [0.25, 0.3) is 11.2 Å². The average molecular weight is 910 g/mol. The lowest BCUT2D eigenvalue weighted by molar-refractivity contribution is -0.0490. The molecule has 2 aliphatic heterocycles. The number of thiol groups is 2. The maximum absolute atomic E-state index is 14.5. The van der Waals surface area contributed by atoms with Gasteiger partial charge in [0, 0.05) is 24.6 Å². The van der Waals surface area contributed by atoms with E-state index in [1.54, 1.807) is 12.3 Å². The van der Waals surface area contributed by atoms with Crippen molar-refractivity contribution in [3.8, 4) is 5.88 Å². The smallest absolute Gasteiger partial charge is 0.386 e. The molecular weight excluding hydrogens is 857 g/mol. The van der Waals surface area contributed by atoms with Crippen molar-refractivity contribution < 1.29 is 50.0 Å². The van der Waals surface area contributed by atoms with Crippen molar-refractivity contribution in [2.24, 2.45) is 5.92 Å². The summed E-state index contributed by atoms with van der Waals surface area (Å²) in [5.41, 5.74) is 4.42. The van der Waals surface area contributed by atoms with Gasteiger partial charge in [0.25, 0.3) is 5.56 Å². The second kappa shape index (κ2) is 17.3. The molecule has 0 spiro atoms. The SMILES string of the molecule is CC(C)[Si](O)(O[Si](O[C@H]1[C@H]2O[P@@](=O)(S)OC[C@H]3C[C@@H](Oc4ccncn4)C[C@@H]3O[P@@](=O)(S)OC[C@H]1O[C@H]2n1cnc2c(=O)[nH]c(N)nc21)(C(C)C)C(C)C)C(C)C. The summed E-state index contributed by atoms with van der Waals surface area (Å²) in [6, 6.07) is 1.61. The van der Waals surface area contributed by atoms with Gasteiger partial charge in [0.1, 0.15) is 30.7 Å². The molecule has 57 heavy (non-hydrogen) atoms. The third kappa shape index (κ3) is 9.61. The molecule has 2 bridgehead atoms. The highest BCUT2D eigenvalue weighted by atomic mass is 32.7. The fourth-order valence-electron chi connectivity index (χ4n) is 7.72. The minimum atomic E-state index is -4.33. The fourth-order valence-corrected chi connectivity index (χ4v) is 20.7. The standard InChI is InChI=1S/C32H53N7O12P2S2Si2/c1-17(2)56(43,18(3)4)51-57(19(5)6,20(7)8)50-27-24-14-45-52(41,54)48-23-12-22(46-25-9-10-34-15-35-25)11-21(23)13-44-53(42,55)49-28(27)31(47-24)39-16-36-26-29(39)37-32(33)38-30(26)40/h9-10,15-24,27-28,31,43H,11-14H2,1-8H3,(H,41,54)(H,42,55)(H3,33,37,38,40)/t21-,22-,23+,24-,27-,28-,31-,52+,53+/m1/s1. The molecule has 9 atom stereocenters. The summed E-state index contributed by atoms with van der Waals surface area (Å²) in [7, 11) is -7.08. The van der Waals surface area contributed by atoms with E-state index in [0.717, 1.165) is 0 Å². The van der Waals surface area contributed by atoms with Gasteiger partial charge in [-0.2, -0.15) is 4.98 Å². The molecule has 19 nitrogen and oxygen atoms in total. The van der Waals surface area contributed by atoms with E-state index in [1.165, 1.54) is 17.2 Å². The predicted octanol–water partition coefficient (Wildman–Crippen LogP) is 6.06. The Bertz CT molecular complexity index is 2020. The van der Waals surface area contributed by atoms with Gasteiger partial charge in [0.2, 0.25) is 11.8 Å². The molecule has 3 fully saturated rings. The first kappa shape index (κ1) is 44.8. The zero-order valence-corrected chi connectivity index (χ0v) is 38.6. The predicted molar refractivity (Wildman–Crippen MR) is 221 cm³/mol. The van der Waals surface area contributed by atoms with E-state index < -0.39 is 85.5 Å². The van der Waals surface area contributed by atoms with E-state index in [9.17, 15) is 18.7 Å². The highest BCUT2D eigenvalue weighted by molar-refractivity contribution is 8.44. The van der Waals surface area contributed by atoms with Crippen molar-refractivity contribution in [2.75, 3.05) is 18.9 Å². The summed E-state index contributed by atoms with van der Waals surface area (Å²) in [6.45, 7) is 6.43. The normalized spacial score (nSPS) is 31.8. The number of H-pyrrole nitrogens is 1. The Morgan fingerprint density at radius 3 is 2.26 bits per heavy atom. The number of aromatic nitrogens is 6. The zero-order valence-electron chi connectivity index (χ0n) is 33.0. The lowest BCUT2D eigenvalue weighted by atomic mass is 10.1. The minimum Gasteiger partial charge on any atom is -0.474 e. The zero-order chi connectivity index (χ0) is 41.7. The minimum absolute atomic E-state index is 0.0341. The van der Waals surface area contributed by atoms with Crippen molar-refractivity contribution in [1.29, 1.82) is 0 Å². The number of hydrogen-bond acceptors (Lipinski definition) is 17. The lowest BCUT2D eigenvalue weighted by Crippen LogP contribution is -2.62. The van der Waals surface area contributed by atoms with E-state index in [-0.39, 0.29) is 52.3 Å². The molecule has 25 heteroatoms. The van der Waals surface area contributed by atoms with Gasteiger partial charge < -0.3 is 33.1 Å². The van der Waals surface area contributed by atoms with Crippen LogP contribution in [0.1, 0.15) is 74.5 Å². The molecular formula is C32H53N7O12P2S2Si2. The van der Waals surface area contributed by atoms with E-state index in [1.807, 2.05) is 55.4 Å². The number of aromatic amines is 1. The van der Waals surface area contributed by atoms with Crippen LogP contribution in [-0.2, 0) is 40.5 Å². The molecule has 0 unspecified atom stereocenters. The van der Waals surface area contributed by atoms with Crippen LogP contribution in [0.5, 0.6) is 5.88 Å². The fraction of sp³-hybridized carbons (Fsp3) is 0.719. The van der Waals surface area contributed by atoms with Crippen LogP contribution in [0.4, 0.5) is 5.95 Å². The third-order valence-corrected chi connectivity index (χ3v) is 23.7. The molecule has 1 aliphatic carbocycles. The van der Waals surface area contributed by atoms with Crippen LogP contribution in [0.3, 0.4) is 0 Å². The Morgan fingerprint density at radius 1 is 0.965 bits per heavy atom. The molecule has 1 saturated carbocycles. The van der Waals surface area contributed by atoms with Crippen molar-refractivity contribution in [1.82, 2.24) is 29.5 Å². The second-order valence-corrected chi connectivity index (χ2v) is 30.2. The molecule has 318 valence electrons. The van der Waals surface area contributed by atoms with E-state index in [0.29, 0.717) is 12.3 Å². The number of imidazole rings is 1. The second-order valence-electron chi connectivity index (χ2n) is 15.9. The number of nitrogens with two attached hydrogens (primary N) is 1. The van der Waals surface area contributed by atoms with Crippen molar-refractivity contribution in [3.05, 3.63) is 35.3 Å². The van der Waals surface area contributed by atoms with E-state index in [4.69, 9.17) is 41.8 Å². The lowest BCUT2D eigenvalue weighted by Gasteiger charge is -2.47. The van der Waals surface area contributed by atoms with Crippen LogP contribution in [-0.4, -0.2) is 95.1 Å². The maximum Gasteiger partial charge on any atom is 0.386 e. The summed E-state index contributed by atoms with van der Waals surface area (Å²) in [5, 5.41) is 0. The van der Waals surface area contributed by atoms with Gasteiger partial charge in [-0.3, -0.25) is 27.9 Å². The van der Waals surface area contributed by atoms with Gasteiger partial charge in [-0.05, 0) is 28.6 Å². The number of anilines is 1. The number of nitrogen functional groups attached to an aromatic ring is 1. The van der Waals surface area contributed by atoms with Crippen molar-refractivity contribution in [3.63, 3.8) is 0 Å². The highest BCUT2D eigenvalue weighted by Gasteiger charge is 2.60. The first-order chi connectivity index (χ1) is 26.6. The third-order valence-electron chi connectivity index (χ3n) is 10.7. The number of fused-ring (bicyclic) bond motifs is 4. The average Bonchev–Trinajstić information content (AvgIpc) is 3.80. The summed E-state index contributed by atoms with van der Waals surface area (Å²) >= 11 is 8.82. The Labute approximate surface area is 343 Å². The number of hydrogen-bond donors (Lipinski definition) is 5. The first-order valence-electron chi connectivity index (χ1n) is 18.9. The Morgan fingerprint density at radius 2 is 1.63 bits per heavy atom. The molecule has 0 amide bonds. The molecule has 3 aromatic rings. The first-order valence-corrected chi connectivity index (χ1v) is 28.2. The van der Waals surface area contributed by atoms with Gasteiger partial charge in [-0.25, -0.2) is 24.1 Å². The van der Waals surface area contributed by atoms with E-state index in [2.05, 4.69) is 49.4 Å². The van der Waals surface area contributed by atoms with Crippen molar-refractivity contribution >= 4 is 72.3 Å². The molecule has 3 aromatic heterocycles. The topological polar surface area (TPSA) is 244 Å². The molecule has 6 rings (SSSR count). The largest absolute Gasteiger partial charge is 0.474 e. The van der Waals surface area contributed by atoms with Crippen LogP contribution in [0.15, 0.2) is 29.7 Å². The van der Waals surface area contributed by atoms with Gasteiger partial charge in [0.15, 0.2) is 17.4 Å². The Hall–Kier alpha value is -1.70. The summed E-state index contributed by atoms with van der Waals surface area (Å²) in [6.07, 6.45) is -1.32. The van der Waals surface area contributed by atoms with Crippen LogP contribution >= 0.6 is 38.1 Å². The molecule has 5 heterocycles. The summed E-state index contributed by atoms with van der Waals surface area (Å²) in [4.78, 5) is 44.1. The molecule has 4 N–H and O–H groups in total. The van der Waals surface area contributed by atoms with Crippen LogP contribution < -0.4 is 16.0 Å². The molecule has 0 aromatic carbocycles. The van der Waals surface area contributed by atoms with Gasteiger partial charge in [-0.1, -0.05) is 79.9 Å². The maximum atomic E-state index is 14.5. The monoisotopic (exact) mass is 909 g/mol. The highest BCUT2D eigenvalue weighted by Crippen LogP contribution is 2.61. The molecule has 3 aliphatic rings. The van der Waals surface area contributed by atoms with Crippen LogP contribution in [0.2, 0.25) is 22.2 Å². The molecule has 2 saturated heterocycles. The van der Waals surface area contributed by atoms with Gasteiger partial charge >= 0.3 is 30.7 Å². The summed E-state index contributed by atoms with van der Waals surface area (Å²) in [5.74, 6) is -0.359. The summed E-state index contributed by atoms with van der Waals surface area (Å²) < 4.78 is 81.3. The van der Waals surface area contributed by atoms with E-state index >= 15 is 0 Å².